The summed E-state index contributed by atoms with van der Waals surface area (Å²) in [6, 6.07) is 0.526. The lowest BCUT2D eigenvalue weighted by Gasteiger charge is -2.41. The Kier molecular flexibility index (Phi) is 3.96. The van der Waals surface area contributed by atoms with Gasteiger partial charge in [-0.2, -0.15) is 0 Å². The number of hydrogen-bond acceptors (Lipinski definition) is 2. The number of hydrogen-bond donors (Lipinski definition) is 2. The van der Waals surface area contributed by atoms with Crippen molar-refractivity contribution in [1.29, 1.82) is 0 Å². The lowest BCUT2D eigenvalue weighted by Crippen LogP contribution is -2.49. The molecule has 0 amide bonds. The maximum absolute atomic E-state index is 9.34. The lowest BCUT2D eigenvalue weighted by molar-refractivity contribution is 0.0823. The molecular formula is C12H25NO. The molecule has 1 aliphatic rings. The van der Waals surface area contributed by atoms with Gasteiger partial charge in [-0.3, -0.25) is 0 Å². The molecule has 1 fully saturated rings. The maximum atomic E-state index is 9.34. The molecule has 0 bridgehead atoms. The molecule has 0 saturated carbocycles. The van der Waals surface area contributed by atoms with E-state index in [2.05, 4.69) is 33.0 Å². The number of nitrogens with one attached hydrogen (secondary N) is 1. The Labute approximate surface area is 88.1 Å². The number of rotatable bonds is 2. The highest BCUT2D eigenvalue weighted by Crippen LogP contribution is 2.34. The van der Waals surface area contributed by atoms with Crippen LogP contribution < -0.4 is 5.32 Å². The van der Waals surface area contributed by atoms with Crippen molar-refractivity contribution in [3.8, 4) is 0 Å². The Morgan fingerprint density at radius 1 is 1.36 bits per heavy atom. The smallest absolute Gasteiger partial charge is 0.0474 e. The van der Waals surface area contributed by atoms with Crippen LogP contribution in [0.25, 0.3) is 0 Å². The first-order chi connectivity index (χ1) is 6.49. The highest BCUT2D eigenvalue weighted by Gasteiger charge is 2.34. The van der Waals surface area contributed by atoms with E-state index in [-0.39, 0.29) is 0 Å². The van der Waals surface area contributed by atoms with Crippen LogP contribution in [0.15, 0.2) is 0 Å². The van der Waals surface area contributed by atoms with Crippen LogP contribution in [0.1, 0.15) is 40.5 Å². The number of aliphatic hydroxyl groups is 1. The maximum Gasteiger partial charge on any atom is 0.0474 e. The van der Waals surface area contributed by atoms with Crippen LogP contribution in [0.2, 0.25) is 0 Å². The van der Waals surface area contributed by atoms with Crippen LogP contribution in [0.3, 0.4) is 0 Å². The first kappa shape index (κ1) is 12.0. The predicted octanol–water partition coefficient (Wildman–Crippen LogP) is 2.03. The van der Waals surface area contributed by atoms with Gasteiger partial charge < -0.3 is 10.4 Å². The highest BCUT2D eigenvalue weighted by molar-refractivity contribution is 4.88. The molecule has 0 aromatic carbocycles. The summed E-state index contributed by atoms with van der Waals surface area (Å²) in [5, 5.41) is 12.9. The molecule has 3 unspecified atom stereocenters. The van der Waals surface area contributed by atoms with Crippen LogP contribution >= 0.6 is 0 Å². The third-order valence-electron chi connectivity index (χ3n) is 3.68. The first-order valence-corrected chi connectivity index (χ1v) is 5.83. The van der Waals surface area contributed by atoms with Gasteiger partial charge in [-0.1, -0.05) is 27.7 Å². The molecular weight excluding hydrogens is 174 g/mol. The normalized spacial score (nSPS) is 34.5. The summed E-state index contributed by atoms with van der Waals surface area (Å²) in [4.78, 5) is 0. The van der Waals surface area contributed by atoms with Crippen LogP contribution in [0.4, 0.5) is 0 Å². The standard InChI is InChI=1S/C12H25NO/c1-5-11-9(8-14)6-10(7-13-11)12(2,3)4/h9-11,13-14H,5-8H2,1-4H3. The van der Waals surface area contributed by atoms with Crippen molar-refractivity contribution in [1.82, 2.24) is 5.32 Å². The van der Waals surface area contributed by atoms with Crippen molar-refractivity contribution < 1.29 is 5.11 Å². The van der Waals surface area contributed by atoms with E-state index in [1.807, 2.05) is 0 Å². The Bertz CT molecular complexity index is 174. The second kappa shape index (κ2) is 4.63. The molecule has 1 aliphatic heterocycles. The average molecular weight is 199 g/mol. The summed E-state index contributed by atoms with van der Waals surface area (Å²) in [7, 11) is 0. The van der Waals surface area contributed by atoms with E-state index in [0.29, 0.717) is 29.9 Å². The monoisotopic (exact) mass is 199 g/mol. The van der Waals surface area contributed by atoms with E-state index < -0.39 is 0 Å². The minimum atomic E-state index is 0.331. The van der Waals surface area contributed by atoms with Gasteiger partial charge in [0.1, 0.15) is 0 Å². The molecule has 0 aromatic heterocycles. The SMILES string of the molecule is CCC1NCC(C(C)(C)C)CC1CO. The quantitative estimate of drug-likeness (QED) is 0.713. The van der Waals surface area contributed by atoms with Crippen molar-refractivity contribution in [2.24, 2.45) is 17.3 Å². The Balaban J connectivity index is 2.57. The van der Waals surface area contributed by atoms with E-state index >= 15 is 0 Å². The van der Waals surface area contributed by atoms with Gasteiger partial charge in [0.15, 0.2) is 0 Å². The van der Waals surface area contributed by atoms with Gasteiger partial charge in [0.25, 0.3) is 0 Å². The van der Waals surface area contributed by atoms with Crippen LogP contribution in [0.5, 0.6) is 0 Å². The zero-order chi connectivity index (χ0) is 10.8. The Morgan fingerprint density at radius 3 is 2.43 bits per heavy atom. The van der Waals surface area contributed by atoms with Crippen molar-refractivity contribution in [3.05, 3.63) is 0 Å². The molecule has 0 aromatic rings. The molecule has 2 N–H and O–H groups in total. The molecule has 0 aliphatic carbocycles. The molecule has 1 rings (SSSR count). The van der Waals surface area contributed by atoms with E-state index in [0.717, 1.165) is 13.0 Å². The summed E-state index contributed by atoms with van der Waals surface area (Å²) in [6.07, 6.45) is 2.30. The number of aliphatic hydroxyl groups excluding tert-OH is 1. The van der Waals surface area contributed by atoms with Crippen molar-refractivity contribution in [2.75, 3.05) is 13.2 Å². The van der Waals surface area contributed by atoms with Gasteiger partial charge in [0, 0.05) is 12.6 Å². The molecule has 84 valence electrons. The average Bonchev–Trinajstić information content (AvgIpc) is 2.15. The van der Waals surface area contributed by atoms with Crippen LogP contribution in [-0.4, -0.2) is 24.3 Å². The topological polar surface area (TPSA) is 32.3 Å². The molecule has 1 saturated heterocycles. The summed E-state index contributed by atoms with van der Waals surface area (Å²) >= 11 is 0. The minimum absolute atomic E-state index is 0.331. The summed E-state index contributed by atoms with van der Waals surface area (Å²) in [5.74, 6) is 1.15. The fourth-order valence-electron chi connectivity index (χ4n) is 2.41. The molecule has 2 nitrogen and oxygen atoms in total. The van der Waals surface area contributed by atoms with Crippen molar-refractivity contribution in [3.63, 3.8) is 0 Å². The van der Waals surface area contributed by atoms with Gasteiger partial charge in [-0.15, -0.1) is 0 Å². The largest absolute Gasteiger partial charge is 0.396 e. The second-order valence-corrected chi connectivity index (χ2v) is 5.66. The minimum Gasteiger partial charge on any atom is -0.396 e. The summed E-state index contributed by atoms with van der Waals surface area (Å²) in [6.45, 7) is 10.5. The van der Waals surface area contributed by atoms with Crippen LogP contribution in [0, 0.1) is 17.3 Å². The summed E-state index contributed by atoms with van der Waals surface area (Å²) in [5.41, 5.74) is 0.360. The van der Waals surface area contributed by atoms with Crippen molar-refractivity contribution >= 4 is 0 Å². The highest BCUT2D eigenvalue weighted by atomic mass is 16.3. The van der Waals surface area contributed by atoms with Crippen molar-refractivity contribution in [2.45, 2.75) is 46.6 Å². The van der Waals surface area contributed by atoms with E-state index in [1.165, 1.54) is 6.42 Å². The fraction of sp³-hybridized carbons (Fsp3) is 1.00. The van der Waals surface area contributed by atoms with Gasteiger partial charge in [-0.05, 0) is 36.6 Å². The van der Waals surface area contributed by atoms with Gasteiger partial charge in [-0.25, -0.2) is 0 Å². The van der Waals surface area contributed by atoms with E-state index in [9.17, 15) is 5.11 Å². The third-order valence-corrected chi connectivity index (χ3v) is 3.68. The van der Waals surface area contributed by atoms with E-state index in [1.54, 1.807) is 0 Å². The van der Waals surface area contributed by atoms with Gasteiger partial charge in [0.2, 0.25) is 0 Å². The summed E-state index contributed by atoms with van der Waals surface area (Å²) < 4.78 is 0. The fourth-order valence-corrected chi connectivity index (χ4v) is 2.41. The Hall–Kier alpha value is -0.0800. The zero-order valence-corrected chi connectivity index (χ0v) is 10.0. The second-order valence-electron chi connectivity index (χ2n) is 5.66. The third kappa shape index (κ3) is 2.71. The zero-order valence-electron chi connectivity index (χ0n) is 10.0. The molecule has 14 heavy (non-hydrogen) atoms. The van der Waals surface area contributed by atoms with Gasteiger partial charge >= 0.3 is 0 Å². The Morgan fingerprint density at radius 2 is 2.00 bits per heavy atom. The molecule has 2 heteroatoms. The van der Waals surface area contributed by atoms with E-state index in [4.69, 9.17) is 0 Å². The molecule has 0 radical (unpaired) electrons. The molecule has 3 atom stereocenters. The lowest BCUT2D eigenvalue weighted by atomic mass is 9.72. The molecule has 0 spiro atoms. The molecule has 1 heterocycles. The van der Waals surface area contributed by atoms with Gasteiger partial charge in [0.05, 0.1) is 0 Å². The first-order valence-electron chi connectivity index (χ1n) is 5.83. The van der Waals surface area contributed by atoms with Crippen LogP contribution in [-0.2, 0) is 0 Å². The number of piperidine rings is 1. The predicted molar refractivity (Wildman–Crippen MR) is 60.2 cm³/mol.